The zero-order valence-corrected chi connectivity index (χ0v) is 27.2. The van der Waals surface area contributed by atoms with Crippen LogP contribution in [-0.2, 0) is 25.6 Å². The summed E-state index contributed by atoms with van der Waals surface area (Å²) < 4.78 is 0. The highest BCUT2D eigenvalue weighted by atomic mass is 16.7. The molecule has 3 aliphatic carbocycles. The van der Waals surface area contributed by atoms with E-state index in [1.165, 1.54) is 12.0 Å². The Morgan fingerprint density at radius 1 is 1.08 bits per heavy atom. The van der Waals surface area contributed by atoms with Gasteiger partial charge in [0.25, 0.3) is 11.8 Å². The summed E-state index contributed by atoms with van der Waals surface area (Å²) in [5, 5.41) is 28.1. The molecule has 5 amide bonds. The summed E-state index contributed by atoms with van der Waals surface area (Å²) in [7, 11) is 0. The van der Waals surface area contributed by atoms with Crippen LogP contribution in [0.1, 0.15) is 96.6 Å². The second-order valence-electron chi connectivity index (χ2n) is 14.2. The zero-order chi connectivity index (χ0) is 33.9. The van der Waals surface area contributed by atoms with Gasteiger partial charge in [0, 0.05) is 31.5 Å². The summed E-state index contributed by atoms with van der Waals surface area (Å²) in [5.41, 5.74) is 2.75. The number of hydrogen-bond donors (Lipinski definition) is 4. The predicted octanol–water partition coefficient (Wildman–Crippen LogP) is 3.27. The highest BCUT2D eigenvalue weighted by molar-refractivity contribution is 6.25. The number of anilines is 1. The number of nitrogens with one attached hydrogen (secondary N) is 2. The van der Waals surface area contributed by atoms with Crippen molar-refractivity contribution >= 4 is 35.2 Å². The molecule has 5 aliphatic rings. The number of aliphatic hydroxyl groups is 1. The number of piperidine rings is 1. The molecule has 7 unspecified atom stereocenters. The number of phenols is 1. The van der Waals surface area contributed by atoms with E-state index in [0.29, 0.717) is 36.9 Å². The maximum atomic E-state index is 13.5. The van der Waals surface area contributed by atoms with Crippen molar-refractivity contribution in [1.29, 1.82) is 0 Å². The van der Waals surface area contributed by atoms with Crippen molar-refractivity contribution in [2.45, 2.75) is 89.4 Å². The van der Waals surface area contributed by atoms with Crippen molar-refractivity contribution < 1.29 is 39.0 Å². The van der Waals surface area contributed by atoms with Gasteiger partial charge >= 0.3 is 0 Å². The Morgan fingerprint density at radius 3 is 2.67 bits per heavy atom. The second kappa shape index (κ2) is 12.3. The molecule has 4 N–H and O–H groups in total. The van der Waals surface area contributed by atoms with Crippen LogP contribution in [0, 0.1) is 17.3 Å². The largest absolute Gasteiger partial charge is 0.508 e. The van der Waals surface area contributed by atoms with Crippen LogP contribution < -0.4 is 10.6 Å². The van der Waals surface area contributed by atoms with Crippen LogP contribution in [0.15, 0.2) is 36.4 Å². The molecule has 12 heteroatoms. The lowest BCUT2D eigenvalue weighted by Crippen LogP contribution is -2.54. The first kappa shape index (κ1) is 32.3. The fraction of sp³-hybridized carbons (Fsp3) is 0.528. The number of carbonyl (C=O) groups is 5. The van der Waals surface area contributed by atoms with Gasteiger partial charge in [-0.3, -0.25) is 39.0 Å². The molecule has 48 heavy (non-hydrogen) atoms. The number of hydrogen-bond acceptors (Lipinski definition) is 9. The number of aromatic hydroxyl groups is 1. The summed E-state index contributed by atoms with van der Waals surface area (Å²) in [6.45, 7) is 4.25. The summed E-state index contributed by atoms with van der Waals surface area (Å²) in [5.74, 6) is -1.59. The van der Waals surface area contributed by atoms with Crippen molar-refractivity contribution in [2.75, 3.05) is 18.4 Å². The third-order valence-electron chi connectivity index (χ3n) is 11.5. The molecule has 2 aromatic carbocycles. The molecule has 3 fully saturated rings. The maximum absolute atomic E-state index is 13.5. The number of phenolic OH excluding ortho intramolecular Hbond substituents is 1. The van der Waals surface area contributed by atoms with Crippen LogP contribution in [0.2, 0.25) is 0 Å². The lowest BCUT2D eigenvalue weighted by Gasteiger charge is -2.53. The van der Waals surface area contributed by atoms with E-state index in [9.17, 15) is 34.2 Å². The highest BCUT2D eigenvalue weighted by Crippen LogP contribution is 2.61. The number of rotatable bonds is 8. The lowest BCUT2D eigenvalue weighted by atomic mass is 9.54. The van der Waals surface area contributed by atoms with E-state index < -0.39 is 35.8 Å². The normalized spacial score (nSPS) is 30.7. The molecular formula is C36H42N4O8. The third-order valence-corrected chi connectivity index (χ3v) is 11.5. The van der Waals surface area contributed by atoms with E-state index in [0.717, 1.165) is 41.7 Å². The van der Waals surface area contributed by atoms with Gasteiger partial charge in [0.2, 0.25) is 17.7 Å². The molecule has 2 heterocycles. The molecule has 7 atom stereocenters. The first-order valence-corrected chi connectivity index (χ1v) is 17.0. The molecule has 7 rings (SSSR count). The van der Waals surface area contributed by atoms with E-state index in [4.69, 9.17) is 4.84 Å². The van der Waals surface area contributed by atoms with Crippen LogP contribution in [0.25, 0.3) is 0 Å². The zero-order valence-electron chi connectivity index (χ0n) is 27.2. The summed E-state index contributed by atoms with van der Waals surface area (Å²) in [6, 6.07) is 9.39. The first-order chi connectivity index (χ1) is 23.0. The molecule has 12 nitrogen and oxygen atoms in total. The molecular weight excluding hydrogens is 616 g/mol. The molecule has 0 spiro atoms. The molecule has 2 saturated carbocycles. The maximum Gasteiger partial charge on any atom is 0.264 e. The molecule has 2 aromatic rings. The van der Waals surface area contributed by atoms with Gasteiger partial charge in [-0.2, -0.15) is 0 Å². The van der Waals surface area contributed by atoms with E-state index in [2.05, 4.69) is 17.6 Å². The summed E-state index contributed by atoms with van der Waals surface area (Å²) in [6.07, 6.45) is 3.93. The fourth-order valence-electron chi connectivity index (χ4n) is 9.25. The minimum absolute atomic E-state index is 0.0282. The minimum atomic E-state index is -1.05. The number of aliphatic hydroxyl groups excluding tert-OH is 1. The SMILES string of the molecule is CC(=O)N(CCCNc1cccc2c1C(=O)N(C1CCC(=O)NC1=O)C2=O)OC1CC2(C)C(O)CCC2C2CCc3cc(O)ccc3C12. The fourth-order valence-corrected chi connectivity index (χ4v) is 9.25. The van der Waals surface area contributed by atoms with Gasteiger partial charge < -0.3 is 15.5 Å². The number of carbonyl (C=O) groups excluding carboxylic acids is 5. The Labute approximate surface area is 278 Å². The number of imide groups is 2. The number of nitrogens with zero attached hydrogens (tertiary/aromatic N) is 2. The van der Waals surface area contributed by atoms with Crippen LogP contribution in [0.3, 0.4) is 0 Å². The second-order valence-corrected chi connectivity index (χ2v) is 14.2. The standard InChI is InChI=1S/C36H42N4O8/c1-19(41)39(48-28-18-36(2)25(11-13-29(36)43)23-9-7-20-17-21(42)8-10-22(20)31(23)28)16-4-15-37-26-6-3-5-24-32(26)35(47)40(34(24)46)27-12-14-30(44)38-33(27)45/h3,5-6,8,10,17,23,25,27-29,31,37,42-43H,4,7,9,11-16,18H2,1-2H3,(H,38,44,45). The van der Waals surface area contributed by atoms with Gasteiger partial charge in [0.1, 0.15) is 11.8 Å². The molecule has 1 saturated heterocycles. The number of amides is 5. The molecule has 254 valence electrons. The van der Waals surface area contributed by atoms with Gasteiger partial charge in [0.05, 0.1) is 29.9 Å². The van der Waals surface area contributed by atoms with Crippen LogP contribution in [-0.4, -0.2) is 81.1 Å². The van der Waals surface area contributed by atoms with Crippen LogP contribution >= 0.6 is 0 Å². The smallest absolute Gasteiger partial charge is 0.264 e. The average molecular weight is 659 g/mol. The number of hydroxylamine groups is 2. The number of aryl methyl sites for hydroxylation is 1. The van der Waals surface area contributed by atoms with Crippen molar-refractivity contribution in [2.24, 2.45) is 17.3 Å². The van der Waals surface area contributed by atoms with E-state index >= 15 is 0 Å². The monoisotopic (exact) mass is 658 g/mol. The average Bonchev–Trinajstić information content (AvgIpc) is 3.49. The Hall–Kier alpha value is -4.29. The Balaban J connectivity index is 1.05. The Kier molecular flexibility index (Phi) is 8.27. The van der Waals surface area contributed by atoms with E-state index in [-0.39, 0.29) is 59.6 Å². The molecule has 0 bridgehead atoms. The van der Waals surface area contributed by atoms with Gasteiger partial charge in [-0.05, 0) is 97.6 Å². The molecule has 0 radical (unpaired) electrons. The highest BCUT2D eigenvalue weighted by Gasteiger charge is 2.58. The quantitative estimate of drug-likeness (QED) is 0.189. The van der Waals surface area contributed by atoms with Crippen molar-refractivity contribution in [3.8, 4) is 5.75 Å². The van der Waals surface area contributed by atoms with Gasteiger partial charge in [-0.25, -0.2) is 5.06 Å². The van der Waals surface area contributed by atoms with Crippen molar-refractivity contribution in [3.05, 3.63) is 58.7 Å². The lowest BCUT2D eigenvalue weighted by molar-refractivity contribution is -0.232. The topological polar surface area (TPSA) is 166 Å². The van der Waals surface area contributed by atoms with Crippen molar-refractivity contribution in [1.82, 2.24) is 15.3 Å². The Morgan fingerprint density at radius 2 is 1.90 bits per heavy atom. The first-order valence-electron chi connectivity index (χ1n) is 17.0. The summed E-state index contributed by atoms with van der Waals surface area (Å²) in [4.78, 5) is 71.2. The van der Waals surface area contributed by atoms with Gasteiger partial charge in [-0.15, -0.1) is 0 Å². The minimum Gasteiger partial charge on any atom is -0.508 e. The Bertz CT molecular complexity index is 1690. The molecule has 2 aliphatic heterocycles. The predicted molar refractivity (Wildman–Crippen MR) is 173 cm³/mol. The summed E-state index contributed by atoms with van der Waals surface area (Å²) >= 11 is 0. The van der Waals surface area contributed by atoms with Gasteiger partial charge in [0.15, 0.2) is 0 Å². The van der Waals surface area contributed by atoms with Crippen LogP contribution in [0.5, 0.6) is 5.75 Å². The number of fused-ring (bicyclic) bond motifs is 6. The van der Waals surface area contributed by atoms with Gasteiger partial charge in [-0.1, -0.05) is 19.1 Å². The van der Waals surface area contributed by atoms with E-state index in [1.807, 2.05) is 12.1 Å². The third kappa shape index (κ3) is 5.35. The van der Waals surface area contributed by atoms with E-state index in [1.54, 1.807) is 24.3 Å². The molecule has 0 aromatic heterocycles. The number of benzene rings is 2. The van der Waals surface area contributed by atoms with Crippen molar-refractivity contribution in [3.63, 3.8) is 0 Å². The van der Waals surface area contributed by atoms with Crippen LogP contribution in [0.4, 0.5) is 5.69 Å².